The third kappa shape index (κ3) is 6.16. The highest BCUT2D eigenvalue weighted by atomic mass is 16.6. The molecule has 1 aromatic heterocycles. The van der Waals surface area contributed by atoms with Crippen molar-refractivity contribution >= 4 is 29.1 Å². The molecule has 35 heavy (non-hydrogen) atoms. The molecule has 3 unspecified atom stereocenters. The number of carbonyl (C=O) groups is 3. The number of aromatic nitrogens is 1. The molecular formula is C27H38N2O6. The largest absolute Gasteiger partial charge is 0.466 e. The van der Waals surface area contributed by atoms with Crippen LogP contribution >= 0.6 is 0 Å². The normalized spacial score (nSPS) is 21.0. The number of rotatable bonds is 3. The van der Waals surface area contributed by atoms with Gasteiger partial charge in [-0.05, 0) is 79.5 Å². The van der Waals surface area contributed by atoms with E-state index in [0.717, 1.165) is 10.9 Å². The van der Waals surface area contributed by atoms with Crippen LogP contribution in [0.5, 0.6) is 0 Å². The molecule has 1 fully saturated rings. The Labute approximate surface area is 207 Å². The van der Waals surface area contributed by atoms with E-state index in [1.165, 1.54) is 4.57 Å². The van der Waals surface area contributed by atoms with Crippen LogP contribution in [-0.2, 0) is 19.0 Å². The summed E-state index contributed by atoms with van der Waals surface area (Å²) in [5, 5.41) is 0.895. The quantitative estimate of drug-likeness (QED) is 0.408. The molecule has 1 aliphatic rings. The number of piperidine rings is 1. The molecule has 8 nitrogen and oxygen atoms in total. The molecular weight excluding hydrogens is 448 g/mol. The zero-order chi connectivity index (χ0) is 26.1. The van der Waals surface area contributed by atoms with E-state index < -0.39 is 35.3 Å². The number of ether oxygens (including phenoxy) is 3. The first-order valence-electron chi connectivity index (χ1n) is 12.2. The van der Waals surface area contributed by atoms with Crippen LogP contribution in [0.3, 0.4) is 0 Å². The van der Waals surface area contributed by atoms with Crippen molar-refractivity contribution in [3.05, 3.63) is 36.0 Å². The van der Waals surface area contributed by atoms with Crippen LogP contribution in [-0.4, -0.2) is 58.0 Å². The second kappa shape index (κ2) is 9.91. The Hall–Kier alpha value is -3.03. The van der Waals surface area contributed by atoms with Gasteiger partial charge in [-0.2, -0.15) is 0 Å². The molecule has 3 atom stereocenters. The van der Waals surface area contributed by atoms with Gasteiger partial charge in [0, 0.05) is 30.1 Å². The van der Waals surface area contributed by atoms with Crippen molar-refractivity contribution in [2.24, 2.45) is 5.92 Å². The number of hydrogen-bond donors (Lipinski definition) is 0. The van der Waals surface area contributed by atoms with Gasteiger partial charge in [0.1, 0.15) is 11.2 Å². The van der Waals surface area contributed by atoms with Gasteiger partial charge in [0.05, 0.1) is 18.0 Å². The number of hydrogen-bond acceptors (Lipinski definition) is 6. The van der Waals surface area contributed by atoms with E-state index in [1.807, 2.05) is 72.7 Å². The molecule has 1 aromatic carbocycles. The number of esters is 1. The predicted molar refractivity (Wildman–Crippen MR) is 133 cm³/mol. The number of amides is 1. The van der Waals surface area contributed by atoms with E-state index in [2.05, 4.69) is 0 Å². The highest BCUT2D eigenvalue weighted by molar-refractivity contribution is 5.90. The lowest BCUT2D eigenvalue weighted by Crippen LogP contribution is -2.53. The fourth-order valence-electron chi connectivity index (χ4n) is 4.59. The highest BCUT2D eigenvalue weighted by Crippen LogP contribution is 2.39. The van der Waals surface area contributed by atoms with Crippen LogP contribution in [0.1, 0.15) is 73.3 Å². The molecule has 2 aromatic rings. The topological polar surface area (TPSA) is 87.1 Å². The predicted octanol–water partition coefficient (Wildman–Crippen LogP) is 5.72. The molecule has 1 amide bonds. The number of fused-ring (bicyclic) bond motifs is 1. The Morgan fingerprint density at radius 1 is 0.971 bits per heavy atom. The van der Waals surface area contributed by atoms with E-state index in [-0.39, 0.29) is 18.5 Å². The average molecular weight is 487 g/mol. The lowest BCUT2D eigenvalue weighted by Gasteiger charge is -2.43. The molecule has 0 saturated carbocycles. The molecule has 192 valence electrons. The van der Waals surface area contributed by atoms with Crippen molar-refractivity contribution in [2.45, 2.75) is 85.0 Å². The summed E-state index contributed by atoms with van der Waals surface area (Å²) in [5.41, 5.74) is 0.367. The van der Waals surface area contributed by atoms with Gasteiger partial charge in [-0.25, -0.2) is 9.59 Å². The van der Waals surface area contributed by atoms with E-state index in [4.69, 9.17) is 14.2 Å². The second-order valence-corrected chi connectivity index (χ2v) is 11.1. The lowest BCUT2D eigenvalue weighted by atomic mass is 9.76. The minimum Gasteiger partial charge on any atom is -0.466 e. The molecule has 1 saturated heterocycles. The first-order chi connectivity index (χ1) is 16.2. The molecule has 0 radical (unpaired) electrons. The van der Waals surface area contributed by atoms with E-state index >= 15 is 0 Å². The monoisotopic (exact) mass is 486 g/mol. The highest BCUT2D eigenvalue weighted by Gasteiger charge is 2.44. The molecule has 3 rings (SSSR count). The van der Waals surface area contributed by atoms with E-state index in [9.17, 15) is 14.4 Å². The number of likely N-dealkylation sites (tertiary alicyclic amines) is 1. The van der Waals surface area contributed by atoms with Crippen molar-refractivity contribution < 1.29 is 28.6 Å². The number of carbonyl (C=O) groups excluding carboxylic acids is 3. The van der Waals surface area contributed by atoms with Crippen molar-refractivity contribution in [1.29, 1.82) is 0 Å². The Morgan fingerprint density at radius 3 is 2.20 bits per heavy atom. The molecule has 8 heteroatoms. The van der Waals surface area contributed by atoms with Crippen LogP contribution in [0.4, 0.5) is 9.59 Å². The summed E-state index contributed by atoms with van der Waals surface area (Å²) in [4.78, 5) is 40.4. The summed E-state index contributed by atoms with van der Waals surface area (Å²) >= 11 is 0. The van der Waals surface area contributed by atoms with Crippen molar-refractivity contribution in [3.63, 3.8) is 0 Å². The second-order valence-electron chi connectivity index (χ2n) is 11.1. The zero-order valence-corrected chi connectivity index (χ0v) is 22.1. The standard InChI is InChI=1S/C27H38N2O6/c1-9-33-23(30)22-17(2)28(24(31)34-26(3,4)5)15-13-20(22)19-11-10-18-12-14-29(21(18)16-19)25(32)35-27(6,7)8/h10-12,14,16-17,20,22H,9,13,15H2,1-8H3. The maximum Gasteiger partial charge on any atom is 0.418 e. The first-order valence-corrected chi connectivity index (χ1v) is 12.2. The number of nitrogens with zero attached hydrogens (tertiary/aromatic N) is 2. The Bertz CT molecular complexity index is 1090. The van der Waals surface area contributed by atoms with Crippen LogP contribution in [0.15, 0.2) is 30.5 Å². The molecule has 0 spiro atoms. The SMILES string of the molecule is CCOC(=O)C1C(c2ccc3ccn(C(=O)OC(C)(C)C)c3c2)CCN(C(=O)OC(C)(C)C)C1C. The van der Waals surface area contributed by atoms with Crippen molar-refractivity contribution in [1.82, 2.24) is 9.47 Å². The molecule has 0 aliphatic carbocycles. The summed E-state index contributed by atoms with van der Waals surface area (Å²) in [5.74, 6) is -1.10. The van der Waals surface area contributed by atoms with E-state index in [1.54, 1.807) is 18.0 Å². The lowest BCUT2D eigenvalue weighted by molar-refractivity contribution is -0.152. The van der Waals surface area contributed by atoms with Crippen LogP contribution in [0.25, 0.3) is 10.9 Å². The van der Waals surface area contributed by atoms with Gasteiger partial charge in [-0.15, -0.1) is 0 Å². The fourth-order valence-corrected chi connectivity index (χ4v) is 4.59. The number of benzene rings is 1. The first kappa shape index (κ1) is 26.6. The smallest absolute Gasteiger partial charge is 0.418 e. The zero-order valence-electron chi connectivity index (χ0n) is 22.1. The van der Waals surface area contributed by atoms with Gasteiger partial charge in [0.15, 0.2) is 0 Å². The van der Waals surface area contributed by atoms with Crippen molar-refractivity contribution in [3.8, 4) is 0 Å². The van der Waals surface area contributed by atoms with Gasteiger partial charge in [0.2, 0.25) is 0 Å². The molecule has 2 heterocycles. The fraction of sp³-hybridized carbons (Fsp3) is 0.593. The Kier molecular flexibility index (Phi) is 7.53. The minimum absolute atomic E-state index is 0.186. The van der Waals surface area contributed by atoms with Crippen LogP contribution in [0.2, 0.25) is 0 Å². The van der Waals surface area contributed by atoms with Gasteiger partial charge in [-0.3, -0.25) is 9.36 Å². The van der Waals surface area contributed by atoms with Crippen molar-refractivity contribution in [2.75, 3.05) is 13.2 Å². The summed E-state index contributed by atoms with van der Waals surface area (Å²) in [6, 6.07) is 7.30. The van der Waals surface area contributed by atoms with E-state index in [0.29, 0.717) is 18.5 Å². The Balaban J connectivity index is 1.96. The van der Waals surface area contributed by atoms with Crippen LogP contribution in [0, 0.1) is 5.92 Å². The third-order valence-corrected chi connectivity index (χ3v) is 6.05. The maximum absolute atomic E-state index is 13.1. The third-order valence-electron chi connectivity index (χ3n) is 6.05. The summed E-state index contributed by atoms with van der Waals surface area (Å²) in [6.07, 6.45) is 1.36. The maximum atomic E-state index is 13.1. The summed E-state index contributed by atoms with van der Waals surface area (Å²) in [7, 11) is 0. The average Bonchev–Trinajstić information content (AvgIpc) is 3.14. The van der Waals surface area contributed by atoms with Gasteiger partial charge in [0.25, 0.3) is 0 Å². The van der Waals surface area contributed by atoms with Gasteiger partial charge >= 0.3 is 18.2 Å². The molecule has 0 bridgehead atoms. The summed E-state index contributed by atoms with van der Waals surface area (Å²) in [6.45, 7) is 15.3. The van der Waals surface area contributed by atoms with Crippen LogP contribution < -0.4 is 0 Å². The molecule has 0 N–H and O–H groups in total. The molecule has 1 aliphatic heterocycles. The summed E-state index contributed by atoms with van der Waals surface area (Å²) < 4.78 is 18.1. The van der Waals surface area contributed by atoms with Gasteiger partial charge in [-0.1, -0.05) is 12.1 Å². The van der Waals surface area contributed by atoms with Gasteiger partial charge < -0.3 is 19.1 Å². The Morgan fingerprint density at radius 2 is 1.60 bits per heavy atom. The minimum atomic E-state index is -0.634.